The number of hydrogen-bond acceptors (Lipinski definition) is 2. The molecule has 0 aliphatic heterocycles. The van der Waals surface area contributed by atoms with Gasteiger partial charge in [-0.2, -0.15) is 10.5 Å². The fraction of sp³-hybridized carbons (Fsp3) is 0. The van der Waals surface area contributed by atoms with E-state index in [0.29, 0.717) is 22.3 Å². The maximum Gasteiger partial charge on any atom is 0.0998 e. The van der Waals surface area contributed by atoms with E-state index in [1.54, 1.807) is 0 Å². The summed E-state index contributed by atoms with van der Waals surface area (Å²) in [7, 11) is 0. The fourth-order valence-electron chi connectivity index (χ4n) is 15.9. The maximum atomic E-state index is 11.2. The summed E-state index contributed by atoms with van der Waals surface area (Å²) >= 11 is 0. The van der Waals surface area contributed by atoms with Gasteiger partial charge in [-0.15, -0.1) is 0 Å². The van der Waals surface area contributed by atoms with Crippen molar-refractivity contribution in [2.45, 2.75) is 0 Å². The van der Waals surface area contributed by atoms with Gasteiger partial charge in [0.25, 0.3) is 0 Å². The average molecular weight is 1200 g/mol. The molecular formula is C86H50N8. The molecule has 434 valence electrons. The van der Waals surface area contributed by atoms with Crippen LogP contribution in [0.25, 0.3) is 176 Å². The molecule has 0 aliphatic carbocycles. The number of nitriles is 2. The average Bonchev–Trinajstić information content (AvgIpc) is 1.57. The van der Waals surface area contributed by atoms with Gasteiger partial charge in [0.2, 0.25) is 0 Å². The van der Waals surface area contributed by atoms with Crippen molar-refractivity contribution < 1.29 is 0 Å². The van der Waals surface area contributed by atoms with E-state index >= 15 is 0 Å². The van der Waals surface area contributed by atoms with E-state index in [9.17, 15) is 10.5 Å². The standard InChI is InChI=1S/C86H50N8/c87-51-53-33-35-55(93-83-41-37-57(89-75-25-9-1-17-61(75)62-18-2-10-26-76(62)89)47-71(83)72-48-58(38-42-84(72)93)90-77-27-11-3-19-63(77)64-20-4-12-28-78(64)90)45-69(53)70-46-56(36-34-54(70)52-88)94-85-43-39-59(91-79-29-13-5-21-65(79)66-22-6-14-30-80(66)91)49-73(85)74-50-60(40-44-86(74)94)92-81-31-15-7-23-67(81)68-24-8-16-32-82(68)92/h1-50H. The third-order valence-corrected chi connectivity index (χ3v) is 19.9. The summed E-state index contributed by atoms with van der Waals surface area (Å²) in [5.41, 5.74) is 21.4. The number of aromatic nitrogens is 6. The largest absolute Gasteiger partial charge is 0.309 e. The first-order valence-electron chi connectivity index (χ1n) is 31.8. The van der Waals surface area contributed by atoms with E-state index in [0.717, 1.165) is 122 Å². The summed E-state index contributed by atoms with van der Waals surface area (Å²) in [6, 6.07) is 114. The van der Waals surface area contributed by atoms with Crippen molar-refractivity contribution in [3.8, 4) is 57.4 Å². The molecule has 0 saturated carbocycles. The van der Waals surface area contributed by atoms with Crippen LogP contribution < -0.4 is 0 Å². The summed E-state index contributed by atoms with van der Waals surface area (Å²) in [5.74, 6) is 0. The van der Waals surface area contributed by atoms with Crippen LogP contribution in [-0.4, -0.2) is 27.4 Å². The lowest BCUT2D eigenvalue weighted by Gasteiger charge is -2.16. The van der Waals surface area contributed by atoms with Crippen molar-refractivity contribution in [2.75, 3.05) is 0 Å². The molecule has 6 heterocycles. The number of hydrogen-bond donors (Lipinski definition) is 0. The molecule has 8 heteroatoms. The molecule has 0 atom stereocenters. The molecule has 0 spiro atoms. The lowest BCUT2D eigenvalue weighted by Crippen LogP contribution is -2.00. The minimum absolute atomic E-state index is 0.467. The molecular weight excluding hydrogens is 1150 g/mol. The summed E-state index contributed by atoms with van der Waals surface area (Å²) in [5, 5.41) is 36.3. The monoisotopic (exact) mass is 1190 g/mol. The molecule has 8 nitrogen and oxygen atoms in total. The predicted molar refractivity (Wildman–Crippen MR) is 387 cm³/mol. The maximum absolute atomic E-state index is 11.2. The minimum atomic E-state index is 0.467. The van der Waals surface area contributed by atoms with Crippen molar-refractivity contribution in [2.24, 2.45) is 0 Å². The fourth-order valence-corrected chi connectivity index (χ4v) is 15.9. The molecule has 6 aromatic heterocycles. The molecule has 0 unspecified atom stereocenters. The molecule has 20 rings (SSSR count). The Kier molecular flexibility index (Phi) is 10.8. The third kappa shape index (κ3) is 7.25. The highest BCUT2D eigenvalue weighted by atomic mass is 15.0. The van der Waals surface area contributed by atoms with Crippen LogP contribution in [0.4, 0.5) is 0 Å². The zero-order valence-electron chi connectivity index (χ0n) is 50.4. The molecule has 0 N–H and O–H groups in total. The topological polar surface area (TPSA) is 77.2 Å². The van der Waals surface area contributed by atoms with Crippen LogP contribution in [0.3, 0.4) is 0 Å². The molecule has 14 aromatic carbocycles. The first kappa shape index (κ1) is 51.7. The zero-order chi connectivity index (χ0) is 61.9. The van der Waals surface area contributed by atoms with E-state index in [2.05, 4.69) is 331 Å². The normalized spacial score (nSPS) is 12.0. The Morgan fingerprint density at radius 1 is 0.170 bits per heavy atom. The molecule has 0 saturated heterocycles. The number of para-hydroxylation sites is 8. The second-order valence-electron chi connectivity index (χ2n) is 24.6. The quantitative estimate of drug-likeness (QED) is 0.159. The van der Waals surface area contributed by atoms with Crippen molar-refractivity contribution in [1.82, 2.24) is 27.4 Å². The van der Waals surface area contributed by atoms with E-state index in [4.69, 9.17) is 0 Å². The molecule has 0 radical (unpaired) electrons. The first-order valence-corrected chi connectivity index (χ1v) is 31.8. The van der Waals surface area contributed by atoms with Crippen molar-refractivity contribution in [3.63, 3.8) is 0 Å². The molecule has 0 fully saturated rings. The Hall–Kier alpha value is -13.1. The van der Waals surface area contributed by atoms with Crippen molar-refractivity contribution in [3.05, 3.63) is 314 Å². The Balaban J connectivity index is 0.803. The van der Waals surface area contributed by atoms with Gasteiger partial charge in [-0.3, -0.25) is 0 Å². The summed E-state index contributed by atoms with van der Waals surface area (Å²) in [6.07, 6.45) is 0. The molecule has 0 bridgehead atoms. The molecule has 20 aromatic rings. The smallest absolute Gasteiger partial charge is 0.0998 e. The van der Waals surface area contributed by atoms with E-state index < -0.39 is 0 Å². The van der Waals surface area contributed by atoms with Gasteiger partial charge >= 0.3 is 0 Å². The van der Waals surface area contributed by atoms with Gasteiger partial charge in [-0.05, 0) is 158 Å². The van der Waals surface area contributed by atoms with Gasteiger partial charge in [0.1, 0.15) is 0 Å². The highest BCUT2D eigenvalue weighted by Gasteiger charge is 2.24. The number of benzene rings is 14. The molecule has 0 amide bonds. The van der Waals surface area contributed by atoms with Gasteiger partial charge in [0, 0.05) is 110 Å². The Labute approximate surface area is 537 Å². The summed E-state index contributed by atoms with van der Waals surface area (Å²) in [4.78, 5) is 0. The van der Waals surface area contributed by atoms with Gasteiger partial charge in [-0.25, -0.2) is 0 Å². The van der Waals surface area contributed by atoms with Gasteiger partial charge in [-0.1, -0.05) is 146 Å². The van der Waals surface area contributed by atoms with E-state index in [1.807, 2.05) is 12.1 Å². The first-order chi connectivity index (χ1) is 46.6. The highest BCUT2D eigenvalue weighted by molar-refractivity contribution is 6.17. The predicted octanol–water partition coefficient (Wildman–Crippen LogP) is 21.7. The van der Waals surface area contributed by atoms with Gasteiger partial charge in [0.05, 0.1) is 89.5 Å². The zero-order valence-corrected chi connectivity index (χ0v) is 50.4. The van der Waals surface area contributed by atoms with E-state index in [1.165, 1.54) is 43.1 Å². The van der Waals surface area contributed by atoms with Crippen LogP contribution >= 0.6 is 0 Å². The second kappa shape index (κ2) is 19.7. The third-order valence-electron chi connectivity index (χ3n) is 19.9. The molecule has 94 heavy (non-hydrogen) atoms. The number of rotatable bonds is 7. The van der Waals surface area contributed by atoms with Crippen LogP contribution in [-0.2, 0) is 0 Å². The Morgan fingerprint density at radius 2 is 0.340 bits per heavy atom. The lowest BCUT2D eigenvalue weighted by atomic mass is 9.95. The SMILES string of the molecule is N#Cc1ccc(-n2c3ccc(-n4c5ccccc5c5ccccc54)cc3c3cc(-n4c5ccccc5c5ccccc54)ccc32)cc1-c1cc(-n2c3ccc(-n4c5ccccc5c5ccccc54)cc3c3cc(-n4c5ccccc5c5ccccc54)ccc32)ccc1C#N. The van der Waals surface area contributed by atoms with Crippen LogP contribution in [0.2, 0.25) is 0 Å². The summed E-state index contributed by atoms with van der Waals surface area (Å²) in [6.45, 7) is 0. The second-order valence-corrected chi connectivity index (χ2v) is 24.6. The van der Waals surface area contributed by atoms with Gasteiger partial charge in [0.15, 0.2) is 0 Å². The van der Waals surface area contributed by atoms with Crippen LogP contribution in [0.1, 0.15) is 11.1 Å². The minimum Gasteiger partial charge on any atom is -0.309 e. The van der Waals surface area contributed by atoms with Gasteiger partial charge < -0.3 is 27.4 Å². The van der Waals surface area contributed by atoms with Crippen LogP contribution in [0.5, 0.6) is 0 Å². The van der Waals surface area contributed by atoms with Crippen LogP contribution in [0.15, 0.2) is 303 Å². The number of nitrogens with zero attached hydrogens (tertiary/aromatic N) is 8. The van der Waals surface area contributed by atoms with E-state index in [-0.39, 0.29) is 0 Å². The summed E-state index contributed by atoms with van der Waals surface area (Å²) < 4.78 is 14.2. The number of fused-ring (bicyclic) bond motifs is 18. The highest BCUT2D eigenvalue weighted by Crippen LogP contribution is 2.44. The lowest BCUT2D eigenvalue weighted by molar-refractivity contribution is 1.15. The van der Waals surface area contributed by atoms with Crippen molar-refractivity contribution >= 4 is 131 Å². The van der Waals surface area contributed by atoms with Crippen LogP contribution in [0, 0.1) is 22.7 Å². The Bertz CT molecular complexity index is 5810. The Morgan fingerprint density at radius 3 is 0.543 bits per heavy atom. The van der Waals surface area contributed by atoms with Crippen molar-refractivity contribution in [1.29, 1.82) is 10.5 Å². The molecule has 0 aliphatic rings.